The van der Waals surface area contributed by atoms with Gasteiger partial charge in [-0.05, 0) is 14.0 Å². The zero-order valence-electron chi connectivity index (χ0n) is 13.1. The number of piperazine rings is 1. The first-order valence-corrected chi connectivity index (χ1v) is 7.89. The molecule has 0 atom stereocenters. The second-order valence-corrected chi connectivity index (χ2v) is 5.78. The van der Waals surface area contributed by atoms with E-state index in [1.807, 2.05) is 0 Å². The number of aromatic nitrogens is 3. The van der Waals surface area contributed by atoms with Crippen molar-refractivity contribution in [2.45, 2.75) is 6.92 Å². The molecular formula is C15H18ClN5O2. The van der Waals surface area contributed by atoms with E-state index in [0.717, 1.165) is 26.2 Å². The molecule has 1 fully saturated rings. The summed E-state index contributed by atoms with van der Waals surface area (Å²) in [6.07, 6.45) is 3.03. The predicted molar refractivity (Wildman–Crippen MR) is 88.0 cm³/mol. The molecule has 1 aliphatic rings. The Morgan fingerprint density at radius 3 is 2.70 bits per heavy atom. The van der Waals surface area contributed by atoms with Gasteiger partial charge in [0.2, 0.25) is 5.95 Å². The molecule has 122 valence electrons. The number of rotatable bonds is 3. The maximum atomic E-state index is 11.9. The highest BCUT2D eigenvalue weighted by Gasteiger charge is 2.19. The maximum Gasteiger partial charge on any atom is 0.341 e. The van der Waals surface area contributed by atoms with E-state index in [2.05, 4.69) is 31.8 Å². The molecule has 3 heterocycles. The number of nitrogens with zero attached hydrogens (tertiary/aromatic N) is 5. The lowest BCUT2D eigenvalue weighted by Crippen LogP contribution is -2.45. The summed E-state index contributed by atoms with van der Waals surface area (Å²) in [6.45, 7) is 5.71. The summed E-state index contributed by atoms with van der Waals surface area (Å²) >= 11 is 6.29. The highest BCUT2D eigenvalue weighted by atomic mass is 35.5. The summed E-state index contributed by atoms with van der Waals surface area (Å²) < 4.78 is 4.97. The van der Waals surface area contributed by atoms with Gasteiger partial charge >= 0.3 is 5.97 Å². The Kier molecular flexibility index (Phi) is 4.58. The third-order valence-electron chi connectivity index (χ3n) is 3.83. The van der Waals surface area contributed by atoms with E-state index >= 15 is 0 Å². The van der Waals surface area contributed by atoms with Crippen LogP contribution in [0, 0.1) is 0 Å². The van der Waals surface area contributed by atoms with Crippen LogP contribution in [0.4, 0.5) is 5.95 Å². The number of hydrogen-bond acceptors (Lipinski definition) is 7. The maximum absolute atomic E-state index is 11.9. The molecule has 0 spiro atoms. The van der Waals surface area contributed by atoms with Gasteiger partial charge in [-0.2, -0.15) is 4.98 Å². The average molecular weight is 336 g/mol. The fraction of sp³-hybridized carbons (Fsp3) is 0.467. The van der Waals surface area contributed by atoms with Crippen molar-refractivity contribution in [1.82, 2.24) is 19.9 Å². The van der Waals surface area contributed by atoms with Gasteiger partial charge < -0.3 is 14.5 Å². The van der Waals surface area contributed by atoms with Crippen molar-refractivity contribution in [1.29, 1.82) is 0 Å². The Hall–Kier alpha value is -1.99. The molecule has 0 N–H and O–H groups in total. The summed E-state index contributed by atoms with van der Waals surface area (Å²) in [6, 6.07) is 0. The van der Waals surface area contributed by atoms with Gasteiger partial charge in [-0.25, -0.2) is 14.8 Å². The number of hydrogen-bond donors (Lipinski definition) is 0. The lowest BCUT2D eigenvalue weighted by Gasteiger charge is -2.32. The summed E-state index contributed by atoms with van der Waals surface area (Å²) in [5, 5.41) is 0.827. The van der Waals surface area contributed by atoms with Crippen LogP contribution in [0.1, 0.15) is 17.3 Å². The Bertz CT molecular complexity index is 731. The Morgan fingerprint density at radius 2 is 2.00 bits per heavy atom. The zero-order chi connectivity index (χ0) is 16.4. The largest absolute Gasteiger partial charge is 0.462 e. The number of esters is 1. The highest BCUT2D eigenvalue weighted by molar-refractivity contribution is 6.38. The van der Waals surface area contributed by atoms with E-state index in [0.29, 0.717) is 17.0 Å². The molecule has 23 heavy (non-hydrogen) atoms. The fourth-order valence-corrected chi connectivity index (χ4v) is 2.71. The lowest BCUT2D eigenvalue weighted by molar-refractivity contribution is 0.0526. The number of carbonyl (C=O) groups excluding carboxylic acids is 1. The minimum absolute atomic E-state index is 0.233. The normalized spacial score (nSPS) is 15.9. The molecule has 0 aliphatic carbocycles. The van der Waals surface area contributed by atoms with Crippen molar-refractivity contribution in [2.75, 3.05) is 44.7 Å². The molecule has 0 saturated carbocycles. The molecule has 0 radical (unpaired) electrons. The topological polar surface area (TPSA) is 71.5 Å². The van der Waals surface area contributed by atoms with Gasteiger partial charge in [0, 0.05) is 38.6 Å². The van der Waals surface area contributed by atoms with Crippen LogP contribution >= 0.6 is 11.6 Å². The Labute approximate surface area is 139 Å². The number of halogens is 1. The van der Waals surface area contributed by atoms with Crippen molar-refractivity contribution >= 4 is 34.6 Å². The van der Waals surface area contributed by atoms with Crippen LogP contribution in [-0.4, -0.2) is 65.7 Å². The van der Waals surface area contributed by atoms with E-state index in [4.69, 9.17) is 16.3 Å². The van der Waals surface area contributed by atoms with Gasteiger partial charge in [0.1, 0.15) is 0 Å². The minimum Gasteiger partial charge on any atom is -0.462 e. The van der Waals surface area contributed by atoms with E-state index in [1.54, 1.807) is 13.1 Å². The molecule has 1 saturated heterocycles. The SMILES string of the molecule is CCOC(=O)c1cnc2nc(N3CCN(C)CC3)ncc2c1Cl. The van der Waals surface area contributed by atoms with Gasteiger partial charge in [0.25, 0.3) is 0 Å². The fourth-order valence-electron chi connectivity index (χ4n) is 2.45. The second kappa shape index (κ2) is 6.64. The minimum atomic E-state index is -0.491. The van der Waals surface area contributed by atoms with Crippen LogP contribution in [0.2, 0.25) is 5.02 Å². The molecule has 7 nitrogen and oxygen atoms in total. The second-order valence-electron chi connectivity index (χ2n) is 5.40. The molecule has 0 bridgehead atoms. The third kappa shape index (κ3) is 3.20. The molecule has 2 aromatic heterocycles. The number of carbonyl (C=O) groups is 1. The number of ether oxygens (including phenoxy) is 1. The predicted octanol–water partition coefficient (Wildman–Crippen LogP) is 1.61. The molecule has 3 rings (SSSR count). The Balaban J connectivity index is 1.92. The van der Waals surface area contributed by atoms with Gasteiger partial charge in [-0.15, -0.1) is 0 Å². The van der Waals surface area contributed by atoms with Crippen LogP contribution in [0.25, 0.3) is 11.0 Å². The molecule has 2 aromatic rings. The molecular weight excluding hydrogens is 318 g/mol. The monoisotopic (exact) mass is 335 g/mol. The van der Waals surface area contributed by atoms with E-state index in [-0.39, 0.29) is 17.2 Å². The quantitative estimate of drug-likeness (QED) is 0.789. The van der Waals surface area contributed by atoms with Crippen LogP contribution < -0.4 is 4.90 Å². The summed E-state index contributed by atoms with van der Waals surface area (Å²) in [5.74, 6) is 0.146. The van der Waals surface area contributed by atoms with E-state index < -0.39 is 5.97 Å². The van der Waals surface area contributed by atoms with Crippen molar-refractivity contribution in [2.24, 2.45) is 0 Å². The van der Waals surface area contributed by atoms with Crippen molar-refractivity contribution in [3.8, 4) is 0 Å². The van der Waals surface area contributed by atoms with Gasteiger partial charge in [0.15, 0.2) is 5.65 Å². The van der Waals surface area contributed by atoms with E-state index in [9.17, 15) is 4.79 Å². The lowest BCUT2D eigenvalue weighted by atomic mass is 10.2. The molecule has 0 amide bonds. The zero-order valence-corrected chi connectivity index (χ0v) is 13.9. The Morgan fingerprint density at radius 1 is 1.26 bits per heavy atom. The highest BCUT2D eigenvalue weighted by Crippen LogP contribution is 2.26. The molecule has 0 aromatic carbocycles. The van der Waals surface area contributed by atoms with Crippen molar-refractivity contribution in [3.05, 3.63) is 23.0 Å². The molecule has 1 aliphatic heterocycles. The van der Waals surface area contributed by atoms with Crippen molar-refractivity contribution in [3.63, 3.8) is 0 Å². The number of anilines is 1. The van der Waals surface area contributed by atoms with E-state index in [1.165, 1.54) is 6.20 Å². The van der Waals surface area contributed by atoms with Gasteiger partial charge in [-0.3, -0.25) is 0 Å². The number of fused-ring (bicyclic) bond motifs is 1. The van der Waals surface area contributed by atoms with Crippen LogP contribution in [0.15, 0.2) is 12.4 Å². The van der Waals surface area contributed by atoms with Gasteiger partial charge in [-0.1, -0.05) is 11.6 Å². The standard InChI is InChI=1S/C15H18ClN5O2/c1-3-23-14(22)11-9-17-13-10(12(11)16)8-18-15(19-13)21-6-4-20(2)5-7-21/h8-9H,3-7H2,1-2H3. The van der Waals surface area contributed by atoms with Crippen LogP contribution in [0.5, 0.6) is 0 Å². The summed E-state index contributed by atoms with van der Waals surface area (Å²) in [4.78, 5) is 29.3. The first-order valence-electron chi connectivity index (χ1n) is 7.52. The number of likely N-dealkylation sites (N-methyl/N-ethyl adjacent to an activating group) is 1. The first kappa shape index (κ1) is 15.9. The van der Waals surface area contributed by atoms with Crippen LogP contribution in [-0.2, 0) is 4.74 Å². The van der Waals surface area contributed by atoms with Gasteiger partial charge in [0.05, 0.1) is 22.6 Å². The van der Waals surface area contributed by atoms with Crippen molar-refractivity contribution < 1.29 is 9.53 Å². The molecule has 0 unspecified atom stereocenters. The average Bonchev–Trinajstić information content (AvgIpc) is 2.55. The van der Waals surface area contributed by atoms with Crippen LogP contribution in [0.3, 0.4) is 0 Å². The first-order chi connectivity index (χ1) is 11.1. The summed E-state index contributed by atoms with van der Waals surface area (Å²) in [5.41, 5.74) is 0.712. The smallest absolute Gasteiger partial charge is 0.341 e. The third-order valence-corrected chi connectivity index (χ3v) is 4.23. The summed E-state index contributed by atoms with van der Waals surface area (Å²) in [7, 11) is 2.09. The molecule has 8 heteroatoms. The number of pyridine rings is 1.